The van der Waals surface area contributed by atoms with Gasteiger partial charge in [0.25, 0.3) is 5.91 Å². The number of nitrogens with one attached hydrogen (secondary N) is 1. The van der Waals surface area contributed by atoms with Gasteiger partial charge < -0.3 is 11.1 Å². The van der Waals surface area contributed by atoms with E-state index in [2.05, 4.69) is 5.32 Å². The molecule has 0 atom stereocenters. The Labute approximate surface area is 146 Å². The van der Waals surface area contributed by atoms with Crippen molar-refractivity contribution in [3.63, 3.8) is 0 Å². The summed E-state index contributed by atoms with van der Waals surface area (Å²) in [7, 11) is 0. The molecular weight excluding hydrogens is 362 g/mol. The van der Waals surface area contributed by atoms with Gasteiger partial charge in [-0.3, -0.25) is 4.79 Å². The van der Waals surface area contributed by atoms with Gasteiger partial charge in [-0.15, -0.1) is 0 Å². The first-order valence-corrected chi connectivity index (χ1v) is 8.28. The third-order valence-electron chi connectivity index (χ3n) is 4.70. The lowest BCUT2D eigenvalue weighted by Crippen LogP contribution is -2.32. The van der Waals surface area contributed by atoms with Crippen molar-refractivity contribution in [1.29, 1.82) is 0 Å². The van der Waals surface area contributed by atoms with Crippen LogP contribution in [0.1, 0.15) is 47.2 Å². The average molecular weight is 382 g/mol. The summed E-state index contributed by atoms with van der Waals surface area (Å²) in [5.74, 6) is -0.364. The van der Waals surface area contributed by atoms with Crippen LogP contribution in [-0.4, -0.2) is 19.0 Å². The summed E-state index contributed by atoms with van der Waals surface area (Å²) < 4.78 is 77.0. The summed E-state index contributed by atoms with van der Waals surface area (Å²) in [6.45, 7) is 0.803. The van der Waals surface area contributed by atoms with Gasteiger partial charge >= 0.3 is 12.4 Å². The maximum Gasteiger partial charge on any atom is 0.416 e. The van der Waals surface area contributed by atoms with E-state index in [1.165, 1.54) is 0 Å². The van der Waals surface area contributed by atoms with Crippen molar-refractivity contribution < 1.29 is 31.1 Å². The molecule has 1 fully saturated rings. The second-order valence-electron chi connectivity index (χ2n) is 6.63. The number of hydrogen-bond donors (Lipinski definition) is 2. The largest absolute Gasteiger partial charge is 0.416 e. The van der Waals surface area contributed by atoms with Gasteiger partial charge in [0.05, 0.1) is 11.1 Å². The molecule has 0 radical (unpaired) electrons. The fraction of sp³-hybridized carbons (Fsp3) is 0.588. The van der Waals surface area contributed by atoms with Crippen LogP contribution < -0.4 is 11.1 Å². The quantitative estimate of drug-likeness (QED) is 0.767. The third-order valence-corrected chi connectivity index (χ3v) is 4.70. The number of hydrogen-bond acceptors (Lipinski definition) is 2. The van der Waals surface area contributed by atoms with Crippen LogP contribution in [0.2, 0.25) is 0 Å². The molecule has 0 unspecified atom stereocenters. The van der Waals surface area contributed by atoms with E-state index < -0.39 is 35.0 Å². The van der Waals surface area contributed by atoms with Crippen molar-refractivity contribution in [2.45, 2.75) is 38.0 Å². The Balaban J connectivity index is 2.10. The predicted octanol–water partition coefficient (Wildman–Crippen LogP) is 4.22. The molecule has 3 nitrogen and oxygen atoms in total. The van der Waals surface area contributed by atoms with Crippen LogP contribution in [0.3, 0.4) is 0 Å². The molecule has 26 heavy (non-hydrogen) atoms. The molecule has 0 spiro atoms. The van der Waals surface area contributed by atoms with Crippen LogP contribution >= 0.6 is 0 Å². The number of alkyl halides is 6. The highest BCUT2D eigenvalue weighted by atomic mass is 19.4. The summed E-state index contributed by atoms with van der Waals surface area (Å²) in [5, 5.41) is 2.45. The van der Waals surface area contributed by atoms with Crippen molar-refractivity contribution in [2.75, 3.05) is 13.1 Å². The maximum atomic E-state index is 12.8. The van der Waals surface area contributed by atoms with E-state index >= 15 is 0 Å². The van der Waals surface area contributed by atoms with Gasteiger partial charge in [0.2, 0.25) is 0 Å². The van der Waals surface area contributed by atoms with Crippen molar-refractivity contribution in [1.82, 2.24) is 5.32 Å². The molecule has 146 valence electrons. The molecule has 0 bridgehead atoms. The van der Waals surface area contributed by atoms with Crippen LogP contribution in [0, 0.1) is 11.8 Å². The van der Waals surface area contributed by atoms with E-state index in [0.717, 1.165) is 25.7 Å². The number of carbonyl (C=O) groups is 1. The van der Waals surface area contributed by atoms with Crippen molar-refractivity contribution >= 4 is 5.91 Å². The Morgan fingerprint density at radius 2 is 1.38 bits per heavy atom. The molecule has 1 amide bonds. The lowest BCUT2D eigenvalue weighted by Gasteiger charge is -2.27. The Morgan fingerprint density at radius 1 is 0.923 bits per heavy atom. The first-order chi connectivity index (χ1) is 12.0. The van der Waals surface area contributed by atoms with Gasteiger partial charge in [-0.1, -0.05) is 0 Å². The number of nitrogens with two attached hydrogens (primary N) is 1. The molecule has 1 aliphatic carbocycles. The Morgan fingerprint density at radius 3 is 1.81 bits per heavy atom. The molecule has 1 aliphatic rings. The molecule has 0 aromatic heterocycles. The van der Waals surface area contributed by atoms with Gasteiger partial charge in [-0.25, -0.2) is 0 Å². The zero-order valence-electron chi connectivity index (χ0n) is 13.9. The minimum atomic E-state index is -4.98. The fourth-order valence-corrected chi connectivity index (χ4v) is 3.10. The zero-order valence-corrected chi connectivity index (χ0v) is 13.9. The molecule has 1 aromatic rings. The van der Waals surface area contributed by atoms with Gasteiger partial charge in [0.1, 0.15) is 0 Å². The first kappa shape index (κ1) is 20.5. The van der Waals surface area contributed by atoms with Gasteiger partial charge in [0.15, 0.2) is 0 Å². The van der Waals surface area contributed by atoms with Crippen LogP contribution in [0.15, 0.2) is 18.2 Å². The van der Waals surface area contributed by atoms with Gasteiger partial charge in [0, 0.05) is 12.1 Å². The molecule has 2 rings (SSSR count). The molecule has 1 saturated carbocycles. The number of benzene rings is 1. The minimum absolute atomic E-state index is 0.00484. The smallest absolute Gasteiger partial charge is 0.352 e. The van der Waals surface area contributed by atoms with Crippen LogP contribution in [0.5, 0.6) is 0 Å². The summed E-state index contributed by atoms with van der Waals surface area (Å²) in [6, 6.07) is 0.886. The Kier molecular flexibility index (Phi) is 6.21. The maximum absolute atomic E-state index is 12.8. The number of rotatable bonds is 4. The predicted molar refractivity (Wildman–Crippen MR) is 83.3 cm³/mol. The van der Waals surface area contributed by atoms with E-state index in [1.807, 2.05) is 0 Å². The van der Waals surface area contributed by atoms with Crippen LogP contribution in [0.25, 0.3) is 0 Å². The van der Waals surface area contributed by atoms with Crippen molar-refractivity contribution in [3.8, 4) is 0 Å². The summed E-state index contributed by atoms with van der Waals surface area (Å²) in [4.78, 5) is 12.1. The molecule has 9 heteroatoms. The van der Waals surface area contributed by atoms with Crippen LogP contribution in [0.4, 0.5) is 26.3 Å². The van der Waals surface area contributed by atoms with Crippen molar-refractivity contribution in [2.24, 2.45) is 17.6 Å². The van der Waals surface area contributed by atoms with Crippen LogP contribution in [-0.2, 0) is 12.4 Å². The Bertz CT molecular complexity index is 601. The second kappa shape index (κ2) is 7.85. The lowest BCUT2D eigenvalue weighted by molar-refractivity contribution is -0.143. The minimum Gasteiger partial charge on any atom is -0.352 e. The number of carbonyl (C=O) groups excluding carboxylic acids is 1. The van der Waals surface area contributed by atoms with Gasteiger partial charge in [-0.05, 0) is 62.3 Å². The zero-order chi connectivity index (χ0) is 19.5. The molecule has 1 aromatic carbocycles. The topological polar surface area (TPSA) is 55.1 Å². The SMILES string of the molecule is NCC1CCC(CNC(=O)c2cc(C(F)(F)F)cc(C(F)(F)F)c2)CC1. The van der Waals surface area contributed by atoms with E-state index in [9.17, 15) is 31.1 Å². The molecular formula is C17H20F6N2O. The van der Waals surface area contributed by atoms with Gasteiger partial charge in [-0.2, -0.15) is 26.3 Å². The Hall–Kier alpha value is -1.77. The highest BCUT2D eigenvalue weighted by Gasteiger charge is 2.37. The molecule has 0 aliphatic heterocycles. The lowest BCUT2D eigenvalue weighted by atomic mass is 9.82. The van der Waals surface area contributed by atoms with E-state index in [1.54, 1.807) is 0 Å². The van der Waals surface area contributed by atoms with Crippen molar-refractivity contribution in [3.05, 3.63) is 34.9 Å². The molecule has 3 N–H and O–H groups in total. The van der Waals surface area contributed by atoms with E-state index in [4.69, 9.17) is 5.73 Å². The van der Waals surface area contributed by atoms with E-state index in [0.29, 0.717) is 24.6 Å². The highest BCUT2D eigenvalue weighted by molar-refractivity contribution is 5.94. The summed E-state index contributed by atoms with van der Waals surface area (Å²) in [6.07, 6.45) is -6.51. The molecule has 0 heterocycles. The van der Waals surface area contributed by atoms with E-state index in [-0.39, 0.29) is 18.5 Å². The highest BCUT2D eigenvalue weighted by Crippen LogP contribution is 2.36. The normalized spacial score (nSPS) is 21.5. The standard InChI is InChI=1S/C17H20F6N2O/c18-16(19,20)13-5-12(6-14(7-13)17(21,22)23)15(26)25-9-11-3-1-10(8-24)2-4-11/h5-7,10-11H,1-4,8-9,24H2,(H,25,26). The first-order valence-electron chi connectivity index (χ1n) is 8.28. The summed E-state index contributed by atoms with van der Waals surface area (Å²) in [5.41, 5.74) is 1.94. The number of halogens is 6. The monoisotopic (exact) mass is 382 g/mol. The fourth-order valence-electron chi connectivity index (χ4n) is 3.10. The third kappa shape index (κ3) is 5.36. The average Bonchev–Trinajstić information content (AvgIpc) is 2.58. The summed E-state index contributed by atoms with van der Waals surface area (Å²) >= 11 is 0. The second-order valence-corrected chi connectivity index (χ2v) is 6.63. The molecule has 0 saturated heterocycles. The number of amides is 1.